The normalized spacial score (nSPS) is 20.7. The van der Waals surface area contributed by atoms with E-state index in [9.17, 15) is 9.59 Å². The summed E-state index contributed by atoms with van der Waals surface area (Å²) < 4.78 is 0. The first-order chi connectivity index (χ1) is 16.3. The molecule has 34 heavy (non-hydrogen) atoms. The summed E-state index contributed by atoms with van der Waals surface area (Å²) >= 11 is 2.59. The number of tetrazole rings is 1. The molecule has 1 saturated heterocycles. The van der Waals surface area contributed by atoms with Crippen LogP contribution in [0, 0.1) is 6.92 Å². The molecule has 4 rings (SSSR count). The zero-order chi connectivity index (χ0) is 24.4. The molecule has 0 aliphatic carbocycles. The summed E-state index contributed by atoms with van der Waals surface area (Å²) in [6.07, 6.45) is 0. The largest absolute Gasteiger partial charge is 0.398 e. The first-order valence-corrected chi connectivity index (χ1v) is 11.6. The minimum atomic E-state index is -0.836. The number of carbonyl (C=O) groups is 2. The van der Waals surface area contributed by atoms with Crippen LogP contribution in [0.25, 0.3) is 0 Å². The van der Waals surface area contributed by atoms with Crippen LogP contribution < -0.4 is 28.2 Å². The molecule has 2 aromatic rings. The van der Waals surface area contributed by atoms with Crippen molar-refractivity contribution in [2.75, 3.05) is 18.6 Å². The minimum absolute atomic E-state index is 0.0114. The number of aromatic nitrogens is 5. The Kier molecular flexibility index (Phi) is 6.61. The highest BCUT2D eigenvalue weighted by Crippen LogP contribution is 2.40. The number of fused-ring (bicyclic) bond motifs is 1. The van der Waals surface area contributed by atoms with Crippen molar-refractivity contribution in [1.82, 2.24) is 40.9 Å². The lowest BCUT2D eigenvalue weighted by Crippen LogP contribution is -2.71. The fourth-order valence-corrected chi connectivity index (χ4v) is 5.32. The van der Waals surface area contributed by atoms with Crippen LogP contribution in [-0.4, -0.2) is 77.7 Å². The standard InChI is InChI=1S/C16H21N13O3S2/c1-6-22-27-28(24-6)3-7-4-33-15-10(14(31)29(15)11(7)12(17)23-26-19)21-13(30)9(25-32-2)8-5-34-16(18)20-8/h5,10,15,26H,3-4,19H2,1-2H3,(H2,17,23)(H2,18,20)(H,21,30)/b25-9-/t10-,15-/m1/s1. The second kappa shape index (κ2) is 9.61. The third-order valence-electron chi connectivity index (χ3n) is 4.81. The molecule has 8 N–H and O–H groups in total. The van der Waals surface area contributed by atoms with Crippen molar-refractivity contribution >= 4 is 51.6 Å². The fourth-order valence-electron chi connectivity index (χ4n) is 3.44. The van der Waals surface area contributed by atoms with Crippen molar-refractivity contribution in [3.63, 3.8) is 0 Å². The zero-order valence-corrected chi connectivity index (χ0v) is 19.6. The van der Waals surface area contributed by atoms with E-state index in [4.69, 9.17) is 22.1 Å². The number of amides is 2. The molecule has 0 radical (unpaired) electrons. The summed E-state index contributed by atoms with van der Waals surface area (Å²) in [4.78, 5) is 37.7. The molecule has 0 bridgehead atoms. The van der Waals surface area contributed by atoms with E-state index < -0.39 is 17.3 Å². The van der Waals surface area contributed by atoms with Crippen LogP contribution in [0.1, 0.15) is 11.5 Å². The molecule has 2 aliphatic rings. The van der Waals surface area contributed by atoms with E-state index in [0.29, 0.717) is 17.3 Å². The van der Waals surface area contributed by atoms with E-state index >= 15 is 0 Å². The highest BCUT2D eigenvalue weighted by atomic mass is 32.2. The molecule has 0 unspecified atom stereocenters. The number of oxime groups is 1. The van der Waals surface area contributed by atoms with Crippen LogP contribution in [0.15, 0.2) is 26.9 Å². The summed E-state index contributed by atoms with van der Waals surface area (Å²) in [6.45, 7) is 1.96. The lowest BCUT2D eigenvalue weighted by atomic mass is 10.0. The number of hydrogen-bond donors (Lipinski definition) is 5. The van der Waals surface area contributed by atoms with Crippen LogP contribution in [0.3, 0.4) is 0 Å². The molecule has 2 aliphatic heterocycles. The Morgan fingerprint density at radius 3 is 2.85 bits per heavy atom. The lowest BCUT2D eigenvalue weighted by molar-refractivity contribution is -0.144. The number of thiazole rings is 1. The van der Waals surface area contributed by atoms with Gasteiger partial charge in [0.2, 0.25) is 0 Å². The Hall–Kier alpha value is -3.77. The van der Waals surface area contributed by atoms with Crippen molar-refractivity contribution < 1.29 is 14.4 Å². The number of hydrazine groups is 1. The van der Waals surface area contributed by atoms with E-state index in [1.54, 1.807) is 12.3 Å². The van der Waals surface area contributed by atoms with Gasteiger partial charge in [0.25, 0.3) is 11.8 Å². The number of amidine groups is 1. The third kappa shape index (κ3) is 4.37. The molecule has 18 heteroatoms. The van der Waals surface area contributed by atoms with E-state index in [1.807, 2.05) is 0 Å². The van der Waals surface area contributed by atoms with Crippen LogP contribution in [-0.2, 0) is 21.0 Å². The predicted molar refractivity (Wildman–Crippen MR) is 124 cm³/mol. The first kappa shape index (κ1) is 23.4. The predicted octanol–water partition coefficient (Wildman–Crippen LogP) is -2.54. The van der Waals surface area contributed by atoms with Crippen LogP contribution in [0.5, 0.6) is 0 Å². The van der Waals surface area contributed by atoms with Crippen molar-refractivity contribution in [1.29, 1.82) is 0 Å². The topological polar surface area (TPSA) is 230 Å². The maximum atomic E-state index is 13.1. The molecule has 0 saturated carbocycles. The monoisotopic (exact) mass is 507 g/mol. The first-order valence-electron chi connectivity index (χ1n) is 9.67. The number of nitrogens with two attached hydrogens (primary N) is 3. The molecule has 0 spiro atoms. The van der Waals surface area contributed by atoms with E-state index in [0.717, 1.165) is 16.9 Å². The second-order valence-corrected chi connectivity index (χ2v) is 8.99. The number of anilines is 1. The summed E-state index contributed by atoms with van der Waals surface area (Å²) in [5.74, 6) is 5.27. The smallest absolute Gasteiger partial charge is 0.276 e. The summed E-state index contributed by atoms with van der Waals surface area (Å²) in [5.41, 5.74) is 15.2. The molecule has 16 nitrogen and oxygen atoms in total. The number of nitrogens with one attached hydrogen (secondary N) is 2. The maximum absolute atomic E-state index is 13.1. The van der Waals surface area contributed by atoms with Gasteiger partial charge in [0.05, 0.1) is 12.2 Å². The number of β-lactam (4-membered cyclic amide) rings is 1. The molecule has 2 amide bonds. The van der Waals surface area contributed by atoms with Gasteiger partial charge in [0.1, 0.15) is 24.2 Å². The molecule has 180 valence electrons. The molecular formula is C16H21N13O3S2. The molecule has 4 heterocycles. The summed E-state index contributed by atoms with van der Waals surface area (Å²) in [7, 11) is 1.30. The van der Waals surface area contributed by atoms with Crippen molar-refractivity contribution in [2.45, 2.75) is 24.9 Å². The van der Waals surface area contributed by atoms with Gasteiger partial charge in [-0.15, -0.1) is 38.4 Å². The number of carbonyl (C=O) groups excluding carboxylic acids is 2. The van der Waals surface area contributed by atoms with Gasteiger partial charge < -0.3 is 21.6 Å². The maximum Gasteiger partial charge on any atom is 0.276 e. The van der Waals surface area contributed by atoms with Gasteiger partial charge in [-0.25, -0.2) is 16.4 Å². The summed E-state index contributed by atoms with van der Waals surface area (Å²) in [6, 6.07) is -0.836. The quantitative estimate of drug-likeness (QED) is 0.0818. The number of hydrazone groups is 1. The van der Waals surface area contributed by atoms with E-state index in [2.05, 4.69) is 41.5 Å². The van der Waals surface area contributed by atoms with Gasteiger partial charge in [-0.05, 0) is 17.7 Å². The van der Waals surface area contributed by atoms with Gasteiger partial charge in [0.15, 0.2) is 22.5 Å². The Bertz CT molecular complexity index is 1200. The molecule has 0 aromatic carbocycles. The molecule has 2 aromatic heterocycles. The highest BCUT2D eigenvalue weighted by Gasteiger charge is 2.53. The Morgan fingerprint density at radius 2 is 2.24 bits per heavy atom. The number of thioether (sulfide) groups is 1. The number of nitrogens with zero attached hydrogens (tertiary/aromatic N) is 8. The van der Waals surface area contributed by atoms with E-state index in [1.165, 1.54) is 28.6 Å². The van der Waals surface area contributed by atoms with Crippen LogP contribution >= 0.6 is 23.1 Å². The van der Waals surface area contributed by atoms with Gasteiger partial charge in [-0.1, -0.05) is 5.16 Å². The Balaban J connectivity index is 1.57. The SMILES string of the molecule is CO/N=C(\C(=O)N[C@@H]1C(=O)N2C(/C(N)=N/NN)=C(Cn3nnc(C)n3)CS[C@H]12)c1csc(N)n1. The number of nitrogen functional groups attached to an aromatic ring is 1. The van der Waals surface area contributed by atoms with Crippen molar-refractivity contribution in [3.8, 4) is 0 Å². The van der Waals surface area contributed by atoms with Gasteiger partial charge in [-0.3, -0.25) is 14.5 Å². The van der Waals surface area contributed by atoms with Crippen LogP contribution in [0.2, 0.25) is 0 Å². The van der Waals surface area contributed by atoms with Crippen LogP contribution in [0.4, 0.5) is 5.13 Å². The average Bonchev–Trinajstić information content (AvgIpc) is 3.42. The molecule has 1 fully saturated rings. The van der Waals surface area contributed by atoms with Gasteiger partial charge in [0, 0.05) is 11.1 Å². The summed E-state index contributed by atoms with van der Waals surface area (Å²) in [5, 5.41) is 23.7. The second-order valence-electron chi connectivity index (χ2n) is 7.00. The van der Waals surface area contributed by atoms with Crippen molar-refractivity contribution in [3.05, 3.63) is 28.2 Å². The molecular weight excluding hydrogens is 486 g/mol. The number of aryl methyl sites for hydroxylation is 1. The highest BCUT2D eigenvalue weighted by molar-refractivity contribution is 8.00. The number of rotatable bonds is 8. The Labute approximate surface area is 200 Å². The average molecular weight is 508 g/mol. The van der Waals surface area contributed by atoms with Gasteiger partial charge >= 0.3 is 0 Å². The fraction of sp³-hybridized carbons (Fsp3) is 0.375. The molecule has 2 atom stereocenters. The zero-order valence-electron chi connectivity index (χ0n) is 18.0. The Morgan fingerprint density at radius 1 is 1.44 bits per heavy atom. The van der Waals surface area contributed by atoms with E-state index in [-0.39, 0.29) is 34.8 Å². The van der Waals surface area contributed by atoms with Gasteiger partial charge in [-0.2, -0.15) is 4.80 Å². The lowest BCUT2D eigenvalue weighted by Gasteiger charge is -2.50. The number of hydrogen-bond acceptors (Lipinski definition) is 14. The minimum Gasteiger partial charge on any atom is -0.398 e. The third-order valence-corrected chi connectivity index (χ3v) is 6.82. The van der Waals surface area contributed by atoms with Crippen molar-refractivity contribution in [2.24, 2.45) is 21.8 Å².